The van der Waals surface area contributed by atoms with Crippen LogP contribution in [0.5, 0.6) is 0 Å². The molecule has 0 spiro atoms. The number of nitrogen functional groups attached to an aromatic ring is 1. The van der Waals surface area contributed by atoms with Crippen LogP contribution in [0.15, 0.2) is 35.7 Å². The molecule has 2 aliphatic heterocycles. The molecule has 2 aromatic heterocycles. The fraction of sp³-hybridized carbons (Fsp3) is 0.478. The minimum absolute atomic E-state index is 0.0739. The number of carbonyl (C=O) groups is 1. The summed E-state index contributed by atoms with van der Waals surface area (Å²) in [6.45, 7) is 2.07. The van der Waals surface area contributed by atoms with Crippen LogP contribution in [0.3, 0.4) is 0 Å². The number of hydrogen-bond acceptors (Lipinski definition) is 6. The molecular weight excluding hydrogens is 460 g/mol. The Morgan fingerprint density at radius 3 is 2.82 bits per heavy atom. The molecule has 1 aromatic carbocycles. The number of rotatable bonds is 5. The number of benzene rings is 1. The Bertz CT molecular complexity index is 1200. The number of imidazole rings is 1. The molecule has 0 bridgehead atoms. The second kappa shape index (κ2) is 9.10. The standard InChI is InChI=1S/C23H27F2N7OS/c1-34-22-29-18-10-16(24)2-3-19(18)32(22)17-4-7-31(8-5-17)20(33)23(25)6-9-30(14-23)13-15-11-27-21(26)28-12-15/h2-3,10-12,17H,4-9,13-14H2,1H3,(H2,26,27,28)/p+1. The lowest BCUT2D eigenvalue weighted by Gasteiger charge is -2.36. The fourth-order valence-corrected chi connectivity index (χ4v) is 5.69. The number of anilines is 1. The Balaban J connectivity index is 1.23. The van der Waals surface area contributed by atoms with Gasteiger partial charge in [-0.25, -0.2) is 18.7 Å². The highest BCUT2D eigenvalue weighted by Crippen LogP contribution is 2.35. The van der Waals surface area contributed by atoms with Crippen LogP contribution < -0.4 is 10.7 Å². The van der Waals surface area contributed by atoms with Crippen molar-refractivity contribution in [2.24, 2.45) is 0 Å². The molecule has 2 saturated heterocycles. The zero-order chi connectivity index (χ0) is 23.9. The van der Waals surface area contributed by atoms with E-state index in [1.54, 1.807) is 23.4 Å². The number of halogens is 2. The summed E-state index contributed by atoms with van der Waals surface area (Å²) < 4.78 is 31.5. The number of hydrogen-bond donors (Lipinski definition) is 1. The molecule has 2 aliphatic rings. The third-order valence-corrected chi connectivity index (χ3v) is 7.43. The molecule has 2 fully saturated rings. The van der Waals surface area contributed by atoms with E-state index in [-0.39, 0.29) is 24.8 Å². The van der Waals surface area contributed by atoms with E-state index in [4.69, 9.17) is 5.73 Å². The van der Waals surface area contributed by atoms with Crippen molar-refractivity contribution in [3.05, 3.63) is 42.0 Å². The highest BCUT2D eigenvalue weighted by atomic mass is 32.2. The van der Waals surface area contributed by atoms with Crippen LogP contribution >= 0.6 is 11.8 Å². The van der Waals surface area contributed by atoms with Crippen LogP contribution in [-0.4, -0.2) is 68.3 Å². The van der Waals surface area contributed by atoms with Gasteiger partial charge in [0, 0.05) is 56.8 Å². The van der Waals surface area contributed by atoms with E-state index in [2.05, 4.69) is 19.5 Å². The maximum Gasteiger partial charge on any atom is 0.386 e. The number of nitrogens with zero attached hydrogens (tertiary/aromatic N) is 5. The van der Waals surface area contributed by atoms with E-state index >= 15 is 4.39 Å². The van der Waals surface area contributed by atoms with Gasteiger partial charge in [-0.1, -0.05) is 16.7 Å². The Labute approximate surface area is 200 Å². The first-order valence-corrected chi connectivity index (χ1v) is 12.6. The molecule has 8 nitrogen and oxygen atoms in total. The molecule has 0 aliphatic carbocycles. The van der Waals surface area contributed by atoms with Crippen molar-refractivity contribution in [1.82, 2.24) is 24.3 Å². The Hall–Kier alpha value is -2.79. The van der Waals surface area contributed by atoms with Crippen molar-refractivity contribution in [1.29, 1.82) is 0 Å². The molecule has 1 atom stereocenters. The second-order valence-electron chi connectivity index (χ2n) is 9.06. The van der Waals surface area contributed by atoms with Crippen molar-refractivity contribution in [2.45, 2.75) is 42.7 Å². The van der Waals surface area contributed by atoms with Crippen molar-refractivity contribution in [3.63, 3.8) is 0 Å². The Kier molecular flexibility index (Phi) is 6.15. The molecule has 4 heterocycles. The highest BCUT2D eigenvalue weighted by molar-refractivity contribution is 7.98. The minimum Gasteiger partial charge on any atom is -0.340 e. The van der Waals surface area contributed by atoms with E-state index < -0.39 is 11.6 Å². The van der Waals surface area contributed by atoms with Crippen LogP contribution in [-0.2, 0) is 11.3 Å². The van der Waals surface area contributed by atoms with Crippen LogP contribution in [0, 0.1) is 5.82 Å². The number of nitrogens with one attached hydrogen (secondary N) is 1. The van der Waals surface area contributed by atoms with Gasteiger partial charge in [0.25, 0.3) is 5.91 Å². The molecule has 1 amide bonds. The summed E-state index contributed by atoms with van der Waals surface area (Å²) in [5.41, 5.74) is 6.11. The van der Waals surface area contributed by atoms with Gasteiger partial charge < -0.3 is 9.47 Å². The average molecular weight is 489 g/mol. The Morgan fingerprint density at radius 1 is 1.32 bits per heavy atom. The first-order valence-electron chi connectivity index (χ1n) is 11.4. The monoisotopic (exact) mass is 488 g/mol. The molecular formula is C23H28F2N7OS+. The molecule has 0 radical (unpaired) electrons. The smallest absolute Gasteiger partial charge is 0.340 e. The van der Waals surface area contributed by atoms with Crippen LogP contribution in [0.25, 0.3) is 11.0 Å². The summed E-state index contributed by atoms with van der Waals surface area (Å²) in [5, 5.41) is 0.827. The normalized spacial score (nSPS) is 22.0. The van der Waals surface area contributed by atoms with Crippen molar-refractivity contribution in [2.75, 3.05) is 38.2 Å². The number of H-pyrrole nitrogens is 1. The quantitative estimate of drug-likeness (QED) is 0.555. The number of carbonyl (C=O) groups excluding carboxylic acids is 1. The number of aromatic nitrogens is 4. The molecule has 5 rings (SSSR count). The third kappa shape index (κ3) is 4.34. The van der Waals surface area contributed by atoms with Crippen molar-refractivity contribution < 1.29 is 18.6 Å². The second-order valence-corrected chi connectivity index (χ2v) is 9.83. The molecule has 3 N–H and O–H groups in total. The Morgan fingerprint density at radius 2 is 2.12 bits per heavy atom. The number of thioether (sulfide) groups is 1. The first kappa shape index (κ1) is 23.0. The molecule has 0 saturated carbocycles. The maximum atomic E-state index is 15.7. The summed E-state index contributed by atoms with van der Waals surface area (Å²) in [5.74, 6) is -0.406. The summed E-state index contributed by atoms with van der Waals surface area (Å²) in [7, 11) is 0. The zero-order valence-corrected chi connectivity index (χ0v) is 19.8. The van der Waals surface area contributed by atoms with Gasteiger partial charge >= 0.3 is 5.95 Å². The van der Waals surface area contributed by atoms with E-state index in [1.165, 1.54) is 23.9 Å². The van der Waals surface area contributed by atoms with E-state index in [1.807, 2.05) is 11.2 Å². The van der Waals surface area contributed by atoms with Gasteiger partial charge in [0.1, 0.15) is 12.0 Å². The molecule has 11 heteroatoms. The predicted octanol–water partition coefficient (Wildman–Crippen LogP) is 2.47. The SMILES string of the molecule is CSc1nc2cc(F)ccc2n1C1CCN(C(=O)C2(F)CCN(Cc3cnc(N)[nH+]c3)C2)CC1. The summed E-state index contributed by atoms with van der Waals surface area (Å²) in [4.78, 5) is 28.2. The topological polar surface area (TPSA) is 94.4 Å². The lowest BCUT2D eigenvalue weighted by Crippen LogP contribution is -2.50. The lowest BCUT2D eigenvalue weighted by atomic mass is 9.99. The number of fused-ring (bicyclic) bond motifs is 1. The average Bonchev–Trinajstić information content (AvgIpc) is 3.40. The largest absolute Gasteiger partial charge is 0.386 e. The van der Waals surface area contributed by atoms with Gasteiger partial charge in [-0.2, -0.15) is 0 Å². The van der Waals surface area contributed by atoms with Gasteiger partial charge in [-0.15, -0.1) is 0 Å². The lowest BCUT2D eigenvalue weighted by molar-refractivity contribution is -0.365. The minimum atomic E-state index is -1.87. The number of likely N-dealkylation sites (tertiary alicyclic amines) is 2. The molecule has 180 valence electrons. The third-order valence-electron chi connectivity index (χ3n) is 6.78. The van der Waals surface area contributed by atoms with Gasteiger partial charge in [0.15, 0.2) is 5.16 Å². The summed E-state index contributed by atoms with van der Waals surface area (Å²) >= 11 is 1.52. The summed E-state index contributed by atoms with van der Waals surface area (Å²) in [6, 6.07) is 4.78. The van der Waals surface area contributed by atoms with Crippen LogP contribution in [0.2, 0.25) is 0 Å². The van der Waals surface area contributed by atoms with E-state index in [9.17, 15) is 9.18 Å². The zero-order valence-electron chi connectivity index (χ0n) is 19.0. The molecule has 34 heavy (non-hydrogen) atoms. The highest BCUT2D eigenvalue weighted by Gasteiger charge is 2.47. The van der Waals surface area contributed by atoms with Crippen LogP contribution in [0.4, 0.5) is 14.7 Å². The number of piperidine rings is 1. The summed E-state index contributed by atoms with van der Waals surface area (Å²) in [6.07, 6.45) is 6.96. The van der Waals surface area contributed by atoms with Gasteiger partial charge in [-0.3, -0.25) is 15.4 Å². The van der Waals surface area contributed by atoms with Gasteiger partial charge in [0.2, 0.25) is 5.67 Å². The number of amides is 1. The van der Waals surface area contributed by atoms with Crippen molar-refractivity contribution in [3.8, 4) is 0 Å². The van der Waals surface area contributed by atoms with Gasteiger partial charge in [-0.05, 0) is 31.2 Å². The molecule has 1 unspecified atom stereocenters. The number of aromatic amines is 1. The maximum absolute atomic E-state index is 15.7. The van der Waals surface area contributed by atoms with Crippen LogP contribution in [0.1, 0.15) is 30.9 Å². The van der Waals surface area contributed by atoms with E-state index in [0.717, 1.165) is 16.2 Å². The van der Waals surface area contributed by atoms with E-state index in [0.29, 0.717) is 50.5 Å². The predicted molar refractivity (Wildman–Crippen MR) is 125 cm³/mol. The first-order chi connectivity index (χ1) is 16.4. The molecule has 3 aromatic rings. The number of alkyl halides is 1. The fourth-order valence-electron chi connectivity index (χ4n) is 5.05. The van der Waals surface area contributed by atoms with Crippen molar-refractivity contribution >= 4 is 34.7 Å². The number of nitrogens with two attached hydrogens (primary N) is 1. The van der Waals surface area contributed by atoms with Gasteiger partial charge in [0.05, 0.1) is 17.2 Å².